The molecule has 1 N–H and O–H groups in total. The lowest BCUT2D eigenvalue weighted by Crippen LogP contribution is -2.29. The molecule has 0 aromatic rings. The third-order valence-corrected chi connectivity index (χ3v) is 8.41. The highest BCUT2D eigenvalue weighted by atomic mass is 16.5. The number of aliphatic hydroxyl groups excluding tert-OH is 1. The number of nitrogens with zero attached hydrogens (tertiary/aromatic N) is 1. The molecule has 0 heterocycles. The molecule has 0 spiro atoms. The summed E-state index contributed by atoms with van der Waals surface area (Å²) in [7, 11) is 0. The average molecular weight is 568 g/mol. The van der Waals surface area contributed by atoms with Crippen molar-refractivity contribution < 1.29 is 14.6 Å². The number of hydrogen-bond acceptors (Lipinski definition) is 4. The third-order valence-electron chi connectivity index (χ3n) is 8.41. The smallest absolute Gasteiger partial charge is 0.306 e. The van der Waals surface area contributed by atoms with Gasteiger partial charge in [-0.2, -0.15) is 0 Å². The topological polar surface area (TPSA) is 49.8 Å². The Hall–Kier alpha value is -0.610. The van der Waals surface area contributed by atoms with Crippen molar-refractivity contribution in [1.82, 2.24) is 4.90 Å². The third kappa shape index (κ3) is 28.9. The van der Waals surface area contributed by atoms with Crippen molar-refractivity contribution in [3.8, 4) is 0 Å². The number of hydrogen-bond donors (Lipinski definition) is 1. The first-order valence-corrected chi connectivity index (χ1v) is 18.2. The maximum Gasteiger partial charge on any atom is 0.306 e. The monoisotopic (exact) mass is 568 g/mol. The van der Waals surface area contributed by atoms with Crippen LogP contribution in [-0.2, 0) is 9.53 Å². The van der Waals surface area contributed by atoms with Gasteiger partial charge in [0.1, 0.15) is 6.10 Å². The second-order valence-corrected chi connectivity index (χ2v) is 12.4. The molecule has 0 rings (SSSR count). The fraction of sp³-hybridized carbons (Fsp3) is 0.972. The van der Waals surface area contributed by atoms with Crippen LogP contribution < -0.4 is 0 Å². The highest BCUT2D eigenvalue weighted by Crippen LogP contribution is 2.18. The lowest BCUT2D eigenvalue weighted by molar-refractivity contribution is -0.150. The summed E-state index contributed by atoms with van der Waals surface area (Å²) in [6.45, 7) is 10.1. The van der Waals surface area contributed by atoms with Gasteiger partial charge in [-0.15, -0.1) is 0 Å². The van der Waals surface area contributed by atoms with E-state index in [1.54, 1.807) is 0 Å². The molecule has 0 aliphatic rings. The molecule has 0 radical (unpaired) electrons. The Morgan fingerprint density at radius 3 is 1.32 bits per heavy atom. The molecule has 0 unspecified atom stereocenters. The second kappa shape index (κ2) is 32.9. The zero-order chi connectivity index (χ0) is 29.4. The predicted octanol–water partition coefficient (Wildman–Crippen LogP) is 10.8. The summed E-state index contributed by atoms with van der Waals surface area (Å²) in [5.41, 5.74) is 0. The van der Waals surface area contributed by atoms with Crippen molar-refractivity contribution in [2.24, 2.45) is 0 Å². The highest BCUT2D eigenvalue weighted by molar-refractivity contribution is 5.69. The lowest BCUT2D eigenvalue weighted by atomic mass is 10.0. The molecule has 0 bridgehead atoms. The fourth-order valence-electron chi connectivity index (χ4n) is 5.72. The van der Waals surface area contributed by atoms with Crippen molar-refractivity contribution in [1.29, 1.82) is 0 Å². The molecule has 0 saturated carbocycles. The van der Waals surface area contributed by atoms with Crippen LogP contribution in [0.4, 0.5) is 0 Å². The van der Waals surface area contributed by atoms with Gasteiger partial charge in [-0.25, -0.2) is 0 Å². The Labute approximate surface area is 251 Å². The molecule has 40 heavy (non-hydrogen) atoms. The summed E-state index contributed by atoms with van der Waals surface area (Å²) in [5.74, 6) is 0.0331. The van der Waals surface area contributed by atoms with Crippen LogP contribution in [0.25, 0.3) is 0 Å². The summed E-state index contributed by atoms with van der Waals surface area (Å²) < 4.78 is 6.00. The van der Waals surface area contributed by atoms with Gasteiger partial charge in [0.25, 0.3) is 0 Å². The van der Waals surface area contributed by atoms with Gasteiger partial charge in [-0.05, 0) is 58.0 Å². The quantitative estimate of drug-likeness (QED) is 0.0633. The van der Waals surface area contributed by atoms with E-state index in [9.17, 15) is 9.90 Å². The molecule has 4 heteroatoms. The second-order valence-electron chi connectivity index (χ2n) is 12.4. The van der Waals surface area contributed by atoms with Crippen LogP contribution >= 0.6 is 0 Å². The molecule has 240 valence electrons. The molecule has 0 aliphatic carbocycles. The lowest BCUT2D eigenvalue weighted by Gasteiger charge is -2.21. The van der Waals surface area contributed by atoms with Gasteiger partial charge >= 0.3 is 5.97 Å². The number of carbonyl (C=O) groups excluding carboxylic acids is 1. The Morgan fingerprint density at radius 2 is 0.900 bits per heavy atom. The summed E-state index contributed by atoms with van der Waals surface area (Å²) >= 11 is 0. The molecule has 0 aliphatic heterocycles. The number of unbranched alkanes of at least 4 members (excludes halogenated alkanes) is 20. The summed E-state index contributed by atoms with van der Waals surface area (Å²) in [6, 6.07) is 0. The molecule has 0 aromatic heterocycles. The number of esters is 1. The minimum Gasteiger partial charge on any atom is -0.462 e. The van der Waals surface area contributed by atoms with Crippen LogP contribution in [0.2, 0.25) is 0 Å². The van der Waals surface area contributed by atoms with Gasteiger partial charge in [-0.3, -0.25) is 4.79 Å². The molecule has 0 aromatic carbocycles. The average Bonchev–Trinajstić information content (AvgIpc) is 2.95. The highest BCUT2D eigenvalue weighted by Gasteiger charge is 2.14. The Bertz CT molecular complexity index is 482. The maximum absolute atomic E-state index is 12.6. The fourth-order valence-corrected chi connectivity index (χ4v) is 5.72. The number of rotatable bonds is 33. The first kappa shape index (κ1) is 39.4. The number of ether oxygens (including phenoxy) is 1. The van der Waals surface area contributed by atoms with E-state index < -0.39 is 0 Å². The van der Waals surface area contributed by atoms with Crippen LogP contribution in [0.15, 0.2) is 0 Å². The zero-order valence-corrected chi connectivity index (χ0v) is 27.7. The molecule has 0 saturated heterocycles. The summed E-state index contributed by atoms with van der Waals surface area (Å²) in [6.07, 6.45) is 33.4. The molecule has 0 fully saturated rings. The van der Waals surface area contributed by atoms with Gasteiger partial charge < -0.3 is 14.7 Å². The van der Waals surface area contributed by atoms with Crippen molar-refractivity contribution in [2.75, 3.05) is 26.2 Å². The van der Waals surface area contributed by atoms with Crippen molar-refractivity contribution in [3.05, 3.63) is 0 Å². The Morgan fingerprint density at radius 1 is 0.525 bits per heavy atom. The largest absolute Gasteiger partial charge is 0.462 e. The van der Waals surface area contributed by atoms with E-state index in [1.807, 2.05) is 0 Å². The van der Waals surface area contributed by atoms with Crippen molar-refractivity contribution in [2.45, 2.75) is 200 Å². The SMILES string of the molecule is CCCCCCCCCN(CCO)CCCCCCCC(=O)OC(CCCCCCCC)CCCCCCCC. The van der Waals surface area contributed by atoms with E-state index in [0.29, 0.717) is 6.42 Å². The zero-order valence-electron chi connectivity index (χ0n) is 27.7. The maximum atomic E-state index is 12.6. The standard InChI is InChI=1S/C36H73NO3/c1-4-7-10-13-16-21-26-31-37(33-34-38)32-27-22-17-20-25-30-36(39)40-35(28-23-18-14-11-8-5-2)29-24-19-15-12-9-6-3/h35,38H,4-34H2,1-3H3. The van der Waals surface area contributed by atoms with Gasteiger partial charge in [0, 0.05) is 13.0 Å². The van der Waals surface area contributed by atoms with Crippen LogP contribution in [0.5, 0.6) is 0 Å². The van der Waals surface area contributed by atoms with Gasteiger partial charge in [0.2, 0.25) is 0 Å². The van der Waals surface area contributed by atoms with Crippen LogP contribution in [0.3, 0.4) is 0 Å². The van der Waals surface area contributed by atoms with Gasteiger partial charge in [0.05, 0.1) is 6.61 Å². The van der Waals surface area contributed by atoms with Crippen LogP contribution in [-0.4, -0.2) is 48.3 Å². The number of carbonyl (C=O) groups is 1. The molecule has 4 nitrogen and oxygen atoms in total. The van der Waals surface area contributed by atoms with E-state index in [-0.39, 0.29) is 18.7 Å². The first-order chi connectivity index (χ1) is 19.7. The minimum atomic E-state index is 0.0331. The Balaban J connectivity index is 4.03. The van der Waals surface area contributed by atoms with E-state index in [2.05, 4.69) is 25.7 Å². The van der Waals surface area contributed by atoms with Crippen molar-refractivity contribution >= 4 is 5.97 Å². The normalized spacial score (nSPS) is 11.7. The van der Waals surface area contributed by atoms with Crippen LogP contribution in [0.1, 0.15) is 194 Å². The summed E-state index contributed by atoms with van der Waals surface area (Å²) in [5, 5.41) is 9.42. The van der Waals surface area contributed by atoms with E-state index >= 15 is 0 Å². The van der Waals surface area contributed by atoms with E-state index in [4.69, 9.17) is 4.74 Å². The van der Waals surface area contributed by atoms with Gasteiger partial charge in [-0.1, -0.05) is 143 Å². The van der Waals surface area contributed by atoms with Crippen LogP contribution in [0, 0.1) is 0 Å². The van der Waals surface area contributed by atoms with E-state index in [0.717, 1.165) is 45.3 Å². The Kier molecular flexibility index (Phi) is 32.4. The molecular weight excluding hydrogens is 494 g/mol. The summed E-state index contributed by atoms with van der Waals surface area (Å²) in [4.78, 5) is 15.0. The molecular formula is C36H73NO3. The molecule has 0 amide bonds. The number of aliphatic hydroxyl groups is 1. The molecule has 0 atom stereocenters. The van der Waals surface area contributed by atoms with Gasteiger partial charge in [0.15, 0.2) is 0 Å². The van der Waals surface area contributed by atoms with E-state index in [1.165, 1.54) is 141 Å². The first-order valence-electron chi connectivity index (χ1n) is 18.2. The minimum absolute atomic E-state index is 0.0331. The predicted molar refractivity (Wildman–Crippen MR) is 175 cm³/mol. The van der Waals surface area contributed by atoms with Crippen molar-refractivity contribution in [3.63, 3.8) is 0 Å².